The highest BCUT2D eigenvalue weighted by molar-refractivity contribution is 8.00. The molecule has 2 aromatic rings. The molecule has 0 spiro atoms. The van der Waals surface area contributed by atoms with Gasteiger partial charge in [0.2, 0.25) is 0 Å². The average molecular weight is 566 g/mol. The maximum absolute atomic E-state index is 13.1. The Morgan fingerprint density at radius 3 is 2.81 bits per heavy atom. The first-order valence-corrected chi connectivity index (χ1v) is 13.2. The summed E-state index contributed by atoms with van der Waals surface area (Å²) in [6.07, 6.45) is 2.94. The minimum atomic E-state index is -1.19. The highest BCUT2D eigenvalue weighted by Gasteiger charge is 2.54. The molecule has 14 nitrogen and oxygen atoms in total. The molecular weight excluding hydrogens is 546 g/mol. The fourth-order valence-electron chi connectivity index (χ4n) is 3.25. The summed E-state index contributed by atoms with van der Waals surface area (Å²) in [5, 5.41) is 12.9. The zero-order valence-electron chi connectivity index (χ0n) is 19.2. The number of oxime groups is 1. The van der Waals surface area contributed by atoms with Crippen LogP contribution in [0.4, 0.5) is 5.13 Å². The quantitative estimate of drug-likeness (QED) is 0.185. The maximum atomic E-state index is 13.1. The van der Waals surface area contributed by atoms with E-state index in [-0.39, 0.29) is 16.7 Å². The van der Waals surface area contributed by atoms with Gasteiger partial charge in [-0.05, 0) is 30.1 Å². The fourth-order valence-corrected chi connectivity index (χ4v) is 5.45. The second kappa shape index (κ2) is 11.5. The zero-order valence-corrected chi connectivity index (χ0v) is 21.7. The smallest absolute Gasteiger partial charge is 0.356 e. The normalized spacial score (nSPS) is 19.9. The number of hydrogen-bond acceptors (Lipinski definition) is 15. The molecule has 4 rings (SSSR count). The predicted molar refractivity (Wildman–Crippen MR) is 134 cm³/mol. The van der Waals surface area contributed by atoms with Crippen molar-refractivity contribution in [3.8, 4) is 5.88 Å². The molecule has 3 atom stereocenters. The van der Waals surface area contributed by atoms with E-state index in [0.29, 0.717) is 17.0 Å². The SMILES string of the molecule is COC(=O)C(C)OC(=O)C1=C(/C=C\c2csnn2)CSC2C(NC(=O)/C=N\Oc3csc(N)n3)C(=O)N12. The van der Waals surface area contributed by atoms with Crippen molar-refractivity contribution in [2.45, 2.75) is 24.4 Å². The number of nitrogens with zero attached hydrogens (tertiary/aromatic N) is 5. The largest absolute Gasteiger partial charge is 0.466 e. The van der Waals surface area contributed by atoms with Crippen molar-refractivity contribution in [3.63, 3.8) is 0 Å². The van der Waals surface area contributed by atoms with Crippen molar-refractivity contribution in [2.75, 3.05) is 18.6 Å². The summed E-state index contributed by atoms with van der Waals surface area (Å²) < 4.78 is 13.6. The van der Waals surface area contributed by atoms with E-state index in [0.717, 1.165) is 29.1 Å². The molecule has 1 fully saturated rings. The number of amides is 2. The van der Waals surface area contributed by atoms with Crippen LogP contribution in [0, 0.1) is 0 Å². The number of β-lactam (4-membered cyclic amide) rings is 1. The number of nitrogens with two attached hydrogens (primary N) is 1. The van der Waals surface area contributed by atoms with Crippen LogP contribution in [-0.4, -0.2) is 79.8 Å². The summed E-state index contributed by atoms with van der Waals surface area (Å²) in [7, 11) is 1.17. The number of rotatable bonds is 9. The van der Waals surface area contributed by atoms with Gasteiger partial charge in [0.1, 0.15) is 23.3 Å². The summed E-state index contributed by atoms with van der Waals surface area (Å²) in [5.74, 6) is -2.40. The lowest BCUT2D eigenvalue weighted by molar-refractivity contribution is -0.165. The van der Waals surface area contributed by atoms with Gasteiger partial charge < -0.3 is 25.4 Å². The number of thioether (sulfide) groups is 1. The number of esters is 2. The maximum Gasteiger partial charge on any atom is 0.356 e. The van der Waals surface area contributed by atoms with E-state index < -0.39 is 41.3 Å². The number of nitrogens with one attached hydrogen (secondary N) is 1. The van der Waals surface area contributed by atoms with Gasteiger partial charge in [0, 0.05) is 11.1 Å². The summed E-state index contributed by atoms with van der Waals surface area (Å²) >= 11 is 3.64. The number of carbonyl (C=O) groups excluding carboxylic acids is 4. The third kappa shape index (κ3) is 5.95. The first-order chi connectivity index (χ1) is 17.8. The lowest BCUT2D eigenvalue weighted by Gasteiger charge is -2.49. The molecule has 2 amide bonds. The summed E-state index contributed by atoms with van der Waals surface area (Å²) in [5.41, 5.74) is 6.51. The number of thiazole rings is 1. The Morgan fingerprint density at radius 2 is 2.14 bits per heavy atom. The van der Waals surface area contributed by atoms with Crippen LogP contribution < -0.4 is 15.9 Å². The van der Waals surface area contributed by atoms with E-state index in [4.69, 9.17) is 15.3 Å². The molecule has 17 heteroatoms. The summed E-state index contributed by atoms with van der Waals surface area (Å²) in [6.45, 7) is 1.36. The molecule has 37 heavy (non-hydrogen) atoms. The van der Waals surface area contributed by atoms with Gasteiger partial charge in [-0.25, -0.2) is 9.59 Å². The molecule has 2 aliphatic rings. The molecule has 194 valence electrons. The number of aromatic nitrogens is 3. The fraction of sp³-hybridized carbons (Fsp3) is 0.300. The third-order valence-electron chi connectivity index (χ3n) is 4.96. The molecule has 0 saturated carbocycles. The topological polar surface area (TPSA) is 188 Å². The van der Waals surface area contributed by atoms with E-state index in [2.05, 4.69) is 29.8 Å². The Morgan fingerprint density at radius 1 is 1.32 bits per heavy atom. The Hall–Kier alpha value is -3.83. The van der Waals surface area contributed by atoms with E-state index >= 15 is 0 Å². The van der Waals surface area contributed by atoms with Crippen molar-refractivity contribution in [2.24, 2.45) is 5.16 Å². The molecule has 2 aliphatic heterocycles. The van der Waals surface area contributed by atoms with Crippen LogP contribution in [-0.2, 0) is 28.7 Å². The first kappa shape index (κ1) is 26.2. The molecule has 1 saturated heterocycles. The van der Waals surface area contributed by atoms with E-state index in [1.807, 2.05) is 0 Å². The monoisotopic (exact) mass is 565 g/mol. The van der Waals surface area contributed by atoms with Crippen molar-refractivity contribution >= 4 is 75.8 Å². The minimum absolute atomic E-state index is 0.0347. The van der Waals surface area contributed by atoms with Gasteiger partial charge in [0.05, 0.1) is 18.2 Å². The van der Waals surface area contributed by atoms with Crippen molar-refractivity contribution in [1.29, 1.82) is 0 Å². The molecule has 4 heterocycles. The van der Waals surface area contributed by atoms with Crippen LogP contribution in [0.25, 0.3) is 6.08 Å². The van der Waals surface area contributed by atoms with E-state index in [1.165, 1.54) is 36.1 Å². The Kier molecular flexibility index (Phi) is 8.14. The van der Waals surface area contributed by atoms with Gasteiger partial charge in [-0.3, -0.25) is 14.5 Å². The lowest BCUT2D eigenvalue weighted by Crippen LogP contribution is -2.70. The molecule has 2 aromatic heterocycles. The summed E-state index contributed by atoms with van der Waals surface area (Å²) in [4.78, 5) is 60.1. The lowest BCUT2D eigenvalue weighted by atomic mass is 10.0. The number of hydrogen-bond donors (Lipinski definition) is 2. The van der Waals surface area contributed by atoms with E-state index in [9.17, 15) is 19.2 Å². The zero-order chi connectivity index (χ0) is 26.5. The summed E-state index contributed by atoms with van der Waals surface area (Å²) in [6, 6.07) is -0.923. The predicted octanol–water partition coefficient (Wildman–Crippen LogP) is 0.413. The van der Waals surface area contributed by atoms with E-state index in [1.54, 1.807) is 17.5 Å². The molecule has 0 aliphatic carbocycles. The van der Waals surface area contributed by atoms with Gasteiger partial charge in [-0.15, -0.1) is 28.2 Å². The second-order valence-corrected chi connectivity index (χ2v) is 9.96. The van der Waals surface area contributed by atoms with Gasteiger partial charge >= 0.3 is 11.9 Å². The number of ether oxygens (including phenoxy) is 2. The highest BCUT2D eigenvalue weighted by atomic mass is 32.2. The van der Waals surface area contributed by atoms with Crippen LogP contribution in [0.15, 0.2) is 33.3 Å². The van der Waals surface area contributed by atoms with Crippen LogP contribution in [0.1, 0.15) is 12.6 Å². The van der Waals surface area contributed by atoms with Crippen molar-refractivity contribution < 1.29 is 33.5 Å². The number of fused-ring (bicyclic) bond motifs is 1. The molecule has 0 radical (unpaired) electrons. The number of allylic oxidation sites excluding steroid dienone is 1. The Bertz CT molecular complexity index is 1290. The molecule has 0 aromatic carbocycles. The number of methoxy groups -OCH3 is 1. The van der Waals surface area contributed by atoms with Gasteiger partial charge in [0.25, 0.3) is 17.7 Å². The Balaban J connectivity index is 1.48. The standard InChI is InChI=1S/C20H19N7O7S3/c1-9(18(30)32-2)33-19(31)15-10(3-4-11-7-37-26-25-11)6-35-17-14(16(29)27(15)17)23-12(28)5-22-34-13-8-36-20(21)24-13/h3-5,7-9,14,17H,6H2,1-2H3,(H2,21,24)(H,23,28)/b4-3-,22-5-. The molecule has 0 bridgehead atoms. The van der Waals surface area contributed by atoms with Crippen LogP contribution >= 0.6 is 34.6 Å². The van der Waals surface area contributed by atoms with Crippen molar-refractivity contribution in [1.82, 2.24) is 24.8 Å². The molecular formula is C20H19N7O7S3. The first-order valence-electron chi connectivity index (χ1n) is 10.4. The van der Waals surface area contributed by atoms with Crippen LogP contribution in [0.2, 0.25) is 0 Å². The van der Waals surface area contributed by atoms with Crippen molar-refractivity contribution in [3.05, 3.63) is 33.8 Å². The van der Waals surface area contributed by atoms with Gasteiger partial charge in [-0.2, -0.15) is 4.98 Å². The second-order valence-electron chi connectivity index (χ2n) is 7.35. The molecule has 3 unspecified atom stereocenters. The van der Waals surface area contributed by atoms with Gasteiger partial charge in [-0.1, -0.05) is 15.7 Å². The third-order valence-corrected chi connectivity index (χ3v) is 7.43. The number of nitrogen functional groups attached to an aromatic ring is 1. The van der Waals surface area contributed by atoms with Crippen LogP contribution in [0.3, 0.4) is 0 Å². The van der Waals surface area contributed by atoms with Crippen LogP contribution in [0.5, 0.6) is 5.88 Å². The number of anilines is 1. The average Bonchev–Trinajstić information content (AvgIpc) is 3.56. The molecule has 3 N–H and O–H groups in total. The Labute approximate surface area is 221 Å². The number of carbonyl (C=O) groups is 4. The highest BCUT2D eigenvalue weighted by Crippen LogP contribution is 2.41. The van der Waals surface area contributed by atoms with Gasteiger partial charge in [0.15, 0.2) is 11.2 Å². The minimum Gasteiger partial charge on any atom is -0.466 e.